The summed E-state index contributed by atoms with van der Waals surface area (Å²) in [6, 6.07) is 6.78. The number of aromatic nitrogens is 5. The van der Waals surface area contributed by atoms with Crippen LogP contribution < -0.4 is 16.6 Å². The first kappa shape index (κ1) is 22.3. The van der Waals surface area contributed by atoms with Gasteiger partial charge in [0.1, 0.15) is 0 Å². The summed E-state index contributed by atoms with van der Waals surface area (Å²) in [5, 5.41) is 11.0. The van der Waals surface area contributed by atoms with Crippen LogP contribution in [-0.2, 0) is 14.1 Å². The third-order valence-corrected chi connectivity index (χ3v) is 5.30. The monoisotopic (exact) mass is 425 g/mol. The van der Waals surface area contributed by atoms with Crippen LogP contribution in [0.25, 0.3) is 22.6 Å². The predicted molar refractivity (Wildman–Crippen MR) is 118 cm³/mol. The van der Waals surface area contributed by atoms with Crippen molar-refractivity contribution in [3.8, 4) is 11.4 Å². The number of nitrogens with zero attached hydrogens (tertiary/aromatic N) is 6. The SMILES string of the molecule is CCN(CC)CCCNC(=O)c1ccc(-c2nnc3c(n2)c(=O)n(C)c(=O)n3C)cc1. The summed E-state index contributed by atoms with van der Waals surface area (Å²) in [7, 11) is 2.90. The van der Waals surface area contributed by atoms with Gasteiger partial charge in [-0.3, -0.25) is 18.7 Å². The number of rotatable bonds is 8. The van der Waals surface area contributed by atoms with E-state index in [1.165, 1.54) is 18.7 Å². The molecule has 1 N–H and O–H groups in total. The first-order chi connectivity index (χ1) is 14.9. The van der Waals surface area contributed by atoms with Gasteiger partial charge >= 0.3 is 5.69 Å². The second kappa shape index (κ2) is 9.61. The first-order valence-electron chi connectivity index (χ1n) is 10.3. The molecule has 2 aromatic heterocycles. The Bertz CT molecular complexity index is 1190. The number of fused-ring (bicyclic) bond motifs is 1. The highest BCUT2D eigenvalue weighted by molar-refractivity contribution is 5.94. The van der Waals surface area contributed by atoms with Crippen molar-refractivity contribution in [2.75, 3.05) is 26.2 Å². The number of benzene rings is 1. The van der Waals surface area contributed by atoms with E-state index in [4.69, 9.17) is 0 Å². The van der Waals surface area contributed by atoms with Gasteiger partial charge in [-0.1, -0.05) is 26.0 Å². The molecule has 0 radical (unpaired) electrons. The van der Waals surface area contributed by atoms with Gasteiger partial charge in [0.15, 0.2) is 17.0 Å². The highest BCUT2D eigenvalue weighted by Gasteiger charge is 2.14. The van der Waals surface area contributed by atoms with E-state index in [9.17, 15) is 14.4 Å². The Morgan fingerprint density at radius 1 is 1.03 bits per heavy atom. The van der Waals surface area contributed by atoms with E-state index in [0.29, 0.717) is 17.7 Å². The lowest BCUT2D eigenvalue weighted by molar-refractivity contribution is 0.0952. The van der Waals surface area contributed by atoms with Gasteiger partial charge in [0.05, 0.1) is 0 Å². The summed E-state index contributed by atoms with van der Waals surface area (Å²) in [4.78, 5) is 43.4. The van der Waals surface area contributed by atoms with Crippen molar-refractivity contribution in [1.82, 2.24) is 34.5 Å². The number of nitrogens with one attached hydrogen (secondary N) is 1. The zero-order valence-electron chi connectivity index (χ0n) is 18.3. The molecule has 0 unspecified atom stereocenters. The molecular formula is C21H27N7O3. The molecule has 2 heterocycles. The van der Waals surface area contributed by atoms with E-state index in [1.807, 2.05) is 0 Å². The maximum Gasteiger partial charge on any atom is 0.332 e. The quantitative estimate of drug-likeness (QED) is 0.524. The van der Waals surface area contributed by atoms with Gasteiger partial charge in [-0.05, 0) is 38.2 Å². The van der Waals surface area contributed by atoms with Crippen molar-refractivity contribution in [2.45, 2.75) is 20.3 Å². The van der Waals surface area contributed by atoms with Gasteiger partial charge in [-0.25, -0.2) is 9.78 Å². The van der Waals surface area contributed by atoms with Crippen molar-refractivity contribution in [2.24, 2.45) is 14.1 Å². The summed E-state index contributed by atoms with van der Waals surface area (Å²) in [6.45, 7) is 7.80. The number of carbonyl (C=O) groups excluding carboxylic acids is 1. The van der Waals surface area contributed by atoms with Gasteiger partial charge in [0.25, 0.3) is 11.5 Å². The van der Waals surface area contributed by atoms with Crippen LogP contribution in [0.15, 0.2) is 33.9 Å². The molecule has 10 heteroatoms. The fourth-order valence-corrected chi connectivity index (χ4v) is 3.29. The molecule has 0 atom stereocenters. The van der Waals surface area contributed by atoms with Crippen LogP contribution in [0, 0.1) is 0 Å². The molecule has 0 aliphatic rings. The molecule has 3 rings (SSSR count). The second-order valence-corrected chi connectivity index (χ2v) is 7.23. The Morgan fingerprint density at radius 3 is 2.35 bits per heavy atom. The standard InChI is InChI=1S/C21H27N7O3/c1-5-28(6-2)13-7-12-22-19(29)15-10-8-14(9-11-15)17-23-16-18(25-24-17)26(3)21(31)27(4)20(16)30/h8-11H,5-7,12-13H2,1-4H3,(H,22,29). The maximum absolute atomic E-state index is 12.4. The highest BCUT2D eigenvalue weighted by Crippen LogP contribution is 2.16. The van der Waals surface area contributed by atoms with Crippen LogP contribution in [0.1, 0.15) is 30.6 Å². The van der Waals surface area contributed by atoms with Crippen LogP contribution in [0.2, 0.25) is 0 Å². The zero-order chi connectivity index (χ0) is 22.5. The average Bonchev–Trinajstić information content (AvgIpc) is 2.81. The van der Waals surface area contributed by atoms with Gasteiger partial charge in [0, 0.05) is 31.8 Å². The van der Waals surface area contributed by atoms with E-state index < -0.39 is 11.2 Å². The van der Waals surface area contributed by atoms with E-state index in [1.54, 1.807) is 24.3 Å². The van der Waals surface area contributed by atoms with Crippen LogP contribution in [-0.4, -0.2) is 61.3 Å². The van der Waals surface area contributed by atoms with E-state index >= 15 is 0 Å². The van der Waals surface area contributed by atoms with Gasteiger partial charge in [-0.15, -0.1) is 10.2 Å². The van der Waals surface area contributed by atoms with Crippen LogP contribution in [0.4, 0.5) is 0 Å². The minimum atomic E-state index is -0.532. The number of carbonyl (C=O) groups is 1. The molecule has 0 aliphatic heterocycles. The molecule has 0 saturated carbocycles. The second-order valence-electron chi connectivity index (χ2n) is 7.23. The van der Waals surface area contributed by atoms with Gasteiger partial charge < -0.3 is 10.2 Å². The first-order valence-corrected chi connectivity index (χ1v) is 10.3. The Kier molecular flexibility index (Phi) is 6.91. The molecule has 164 valence electrons. The number of hydrogen-bond acceptors (Lipinski definition) is 7. The molecule has 10 nitrogen and oxygen atoms in total. The molecule has 0 fully saturated rings. The normalized spacial score (nSPS) is 11.3. The summed E-state index contributed by atoms with van der Waals surface area (Å²) in [6.07, 6.45) is 0.888. The fraction of sp³-hybridized carbons (Fsp3) is 0.429. The fourth-order valence-electron chi connectivity index (χ4n) is 3.29. The number of amides is 1. The van der Waals surface area contributed by atoms with Crippen LogP contribution in [0.5, 0.6) is 0 Å². The van der Waals surface area contributed by atoms with Crippen molar-refractivity contribution < 1.29 is 4.79 Å². The molecular weight excluding hydrogens is 398 g/mol. The summed E-state index contributed by atoms with van der Waals surface area (Å²) in [5.41, 5.74) is 0.299. The number of aryl methyl sites for hydroxylation is 1. The molecule has 31 heavy (non-hydrogen) atoms. The molecule has 0 bridgehead atoms. The van der Waals surface area contributed by atoms with Gasteiger partial charge in [-0.2, -0.15) is 0 Å². The predicted octanol–water partition coefficient (Wildman–Crippen LogP) is 0.551. The minimum Gasteiger partial charge on any atom is -0.352 e. The molecule has 0 saturated heterocycles. The largest absolute Gasteiger partial charge is 0.352 e. The lowest BCUT2D eigenvalue weighted by Gasteiger charge is -2.17. The van der Waals surface area contributed by atoms with Crippen LogP contribution >= 0.6 is 0 Å². The lowest BCUT2D eigenvalue weighted by atomic mass is 10.1. The summed E-state index contributed by atoms with van der Waals surface area (Å²) >= 11 is 0. The van der Waals surface area contributed by atoms with E-state index in [0.717, 1.165) is 30.6 Å². The van der Waals surface area contributed by atoms with Crippen molar-refractivity contribution in [1.29, 1.82) is 0 Å². The van der Waals surface area contributed by atoms with Crippen molar-refractivity contribution >= 4 is 17.1 Å². The average molecular weight is 425 g/mol. The van der Waals surface area contributed by atoms with Gasteiger partial charge in [0.2, 0.25) is 0 Å². The molecule has 1 aromatic carbocycles. The Morgan fingerprint density at radius 2 is 1.71 bits per heavy atom. The zero-order valence-corrected chi connectivity index (χ0v) is 18.3. The topological polar surface area (TPSA) is 115 Å². The molecule has 3 aromatic rings. The summed E-state index contributed by atoms with van der Waals surface area (Å²) < 4.78 is 2.21. The smallest absolute Gasteiger partial charge is 0.332 e. The Balaban J connectivity index is 1.74. The Hall–Kier alpha value is -3.40. The highest BCUT2D eigenvalue weighted by atomic mass is 16.2. The lowest BCUT2D eigenvalue weighted by Crippen LogP contribution is -2.38. The molecule has 0 aliphatic carbocycles. The third-order valence-electron chi connectivity index (χ3n) is 5.30. The maximum atomic E-state index is 12.4. The summed E-state index contributed by atoms with van der Waals surface area (Å²) in [5.74, 6) is 0.0990. The van der Waals surface area contributed by atoms with E-state index in [2.05, 4.69) is 39.2 Å². The molecule has 0 spiro atoms. The van der Waals surface area contributed by atoms with Crippen molar-refractivity contribution in [3.63, 3.8) is 0 Å². The molecule has 1 amide bonds. The van der Waals surface area contributed by atoms with Crippen LogP contribution in [0.3, 0.4) is 0 Å². The Labute approximate surface area is 179 Å². The third kappa shape index (κ3) is 4.69. The van der Waals surface area contributed by atoms with Crippen molar-refractivity contribution in [3.05, 3.63) is 50.7 Å². The minimum absolute atomic E-state index is 0.0598. The van der Waals surface area contributed by atoms with E-state index in [-0.39, 0.29) is 22.9 Å². The number of hydrogen-bond donors (Lipinski definition) is 1.